The number of halogens is 2. The first-order valence-corrected chi connectivity index (χ1v) is 16.4. The number of aliphatic imine (C=N–C) groups is 1. The van der Waals surface area contributed by atoms with Crippen LogP contribution in [-0.2, 0) is 9.22 Å². The highest BCUT2D eigenvalue weighted by Crippen LogP contribution is 2.43. The topological polar surface area (TPSA) is 83.8 Å². The molecule has 1 aliphatic carbocycles. The molecule has 0 amide bonds. The van der Waals surface area contributed by atoms with Crippen LogP contribution in [0, 0.1) is 11.7 Å². The summed E-state index contributed by atoms with van der Waals surface area (Å²) < 4.78 is 21.0. The fourth-order valence-electron chi connectivity index (χ4n) is 4.59. The van der Waals surface area contributed by atoms with Crippen molar-refractivity contribution >= 4 is 43.1 Å². The average molecular weight is 550 g/mol. The van der Waals surface area contributed by atoms with Crippen LogP contribution in [0.5, 0.6) is 0 Å². The van der Waals surface area contributed by atoms with Crippen LogP contribution in [0.4, 0.5) is 4.39 Å². The molecule has 2 N–H and O–H groups in total. The lowest BCUT2D eigenvalue weighted by molar-refractivity contribution is -0.133. The molecular weight excluding hydrogens is 517 g/mol. The van der Waals surface area contributed by atoms with Crippen molar-refractivity contribution in [1.82, 2.24) is 10.3 Å². The molecule has 1 fully saturated rings. The molecule has 0 bridgehead atoms. The molecule has 2 aromatic rings. The van der Waals surface area contributed by atoms with Gasteiger partial charge in [-0.25, -0.2) is 14.2 Å². The number of aliphatic carboxylic acids is 1. The van der Waals surface area contributed by atoms with E-state index in [1.165, 1.54) is 23.5 Å². The van der Waals surface area contributed by atoms with Gasteiger partial charge in [-0.3, -0.25) is 4.99 Å². The van der Waals surface area contributed by atoms with Crippen LogP contribution in [0.25, 0.3) is 0 Å². The number of hydrogen-bond acceptors (Lipinski definition) is 6. The van der Waals surface area contributed by atoms with Gasteiger partial charge in [-0.1, -0.05) is 44.5 Å². The lowest BCUT2D eigenvalue weighted by Gasteiger charge is -2.42. The first kappa shape index (κ1) is 27.0. The minimum absolute atomic E-state index is 0.0179. The Hall–Kier alpha value is -2.07. The summed E-state index contributed by atoms with van der Waals surface area (Å²) in [5, 5.41) is 16.1. The fourth-order valence-corrected chi connectivity index (χ4v) is 6.83. The number of aromatic nitrogens is 1. The van der Waals surface area contributed by atoms with Crippen molar-refractivity contribution in [2.75, 3.05) is 0 Å². The van der Waals surface area contributed by atoms with Gasteiger partial charge in [0.15, 0.2) is 19.2 Å². The lowest BCUT2D eigenvalue weighted by atomic mass is 9.81. The van der Waals surface area contributed by atoms with Gasteiger partial charge in [0.05, 0.1) is 10.6 Å². The molecule has 4 rings (SSSR count). The second-order valence-electron chi connectivity index (χ2n) is 11.0. The molecule has 1 saturated carbocycles. The maximum Gasteiger partial charge on any atom is 0.335 e. The molecule has 2 aliphatic rings. The zero-order chi connectivity index (χ0) is 26.3. The smallest absolute Gasteiger partial charge is 0.335 e. The van der Waals surface area contributed by atoms with E-state index in [-0.39, 0.29) is 27.7 Å². The first-order valence-electron chi connectivity index (χ1n) is 12.2. The van der Waals surface area contributed by atoms with E-state index in [2.05, 4.69) is 49.2 Å². The lowest BCUT2D eigenvalue weighted by Crippen LogP contribution is -2.45. The van der Waals surface area contributed by atoms with E-state index in [4.69, 9.17) is 16.0 Å². The molecular formula is C26H33ClFN3O3SSi. The van der Waals surface area contributed by atoms with Crippen LogP contribution in [0.3, 0.4) is 0 Å². The van der Waals surface area contributed by atoms with E-state index in [0.717, 1.165) is 25.7 Å². The SMILES string of the molecule is CC(C)(C)[Si](C)(C)OC1CCC(C2=C(C(=O)O)C(c3cccc(F)c3Cl)N=C(c3nccs3)N2)CC1. The van der Waals surface area contributed by atoms with Gasteiger partial charge < -0.3 is 14.8 Å². The van der Waals surface area contributed by atoms with Crippen molar-refractivity contribution in [3.8, 4) is 0 Å². The summed E-state index contributed by atoms with van der Waals surface area (Å²) in [7, 11) is -1.90. The highest BCUT2D eigenvalue weighted by Gasteiger charge is 2.41. The number of rotatable bonds is 6. The number of hydrogen-bond donors (Lipinski definition) is 2. The van der Waals surface area contributed by atoms with Gasteiger partial charge in [0.25, 0.3) is 0 Å². The van der Waals surface area contributed by atoms with E-state index >= 15 is 0 Å². The van der Waals surface area contributed by atoms with Crippen LogP contribution >= 0.6 is 22.9 Å². The zero-order valence-corrected chi connectivity index (χ0v) is 23.8. The molecule has 1 unspecified atom stereocenters. The minimum Gasteiger partial charge on any atom is -0.478 e. The maximum absolute atomic E-state index is 14.4. The number of benzene rings is 1. The predicted octanol–water partition coefficient (Wildman–Crippen LogP) is 6.95. The monoisotopic (exact) mass is 549 g/mol. The molecule has 2 heterocycles. The van der Waals surface area contributed by atoms with E-state index in [9.17, 15) is 14.3 Å². The quantitative estimate of drug-likeness (QED) is 0.381. The molecule has 0 saturated heterocycles. The van der Waals surface area contributed by atoms with Gasteiger partial charge in [-0.05, 0) is 55.8 Å². The number of carboxylic acids is 1. The predicted molar refractivity (Wildman–Crippen MR) is 145 cm³/mol. The third-order valence-corrected chi connectivity index (χ3v) is 13.3. The minimum atomic E-state index is -1.90. The van der Waals surface area contributed by atoms with E-state index in [0.29, 0.717) is 22.1 Å². The number of carboxylic acid groups (broad SMARTS) is 1. The zero-order valence-electron chi connectivity index (χ0n) is 21.3. The second kappa shape index (κ2) is 10.4. The van der Waals surface area contributed by atoms with Gasteiger partial charge in [-0.2, -0.15) is 0 Å². The van der Waals surface area contributed by atoms with Crippen molar-refractivity contribution in [3.63, 3.8) is 0 Å². The Bertz CT molecular complexity index is 1190. The van der Waals surface area contributed by atoms with Crippen LogP contribution in [-0.4, -0.2) is 36.3 Å². The summed E-state index contributed by atoms with van der Waals surface area (Å²) >= 11 is 7.72. The third kappa shape index (κ3) is 5.44. The molecule has 1 aromatic carbocycles. The maximum atomic E-state index is 14.4. The molecule has 1 aliphatic heterocycles. The number of thiazole rings is 1. The largest absolute Gasteiger partial charge is 0.478 e. The molecule has 0 spiro atoms. The fraction of sp³-hybridized carbons (Fsp3) is 0.500. The second-order valence-corrected chi connectivity index (χ2v) is 17.0. The summed E-state index contributed by atoms with van der Waals surface area (Å²) in [6.07, 6.45) is 5.11. The number of amidine groups is 1. The molecule has 0 radical (unpaired) electrons. The number of carbonyl (C=O) groups is 1. The highest BCUT2D eigenvalue weighted by atomic mass is 35.5. The van der Waals surface area contributed by atoms with E-state index in [1.807, 2.05) is 5.38 Å². The number of nitrogens with one attached hydrogen (secondary N) is 1. The Morgan fingerprint density at radius 3 is 2.53 bits per heavy atom. The molecule has 1 atom stereocenters. The Balaban J connectivity index is 1.67. The first-order chi connectivity index (χ1) is 16.9. The summed E-state index contributed by atoms with van der Waals surface area (Å²) in [4.78, 5) is 21.7. The third-order valence-electron chi connectivity index (χ3n) is 7.57. The standard InChI is InChI=1S/C26H33ClFN3O3SSi/c1-26(2,3)36(4,5)34-16-11-9-15(10-12-16)21-19(25(32)33)22(17-7-6-8-18(28)20(17)27)31-23(30-21)24-29-13-14-35-24/h6-8,13-16,22H,9-12H2,1-5H3,(H,30,31)(H,32,33). The van der Waals surface area contributed by atoms with Gasteiger partial charge in [0.2, 0.25) is 0 Å². The molecule has 36 heavy (non-hydrogen) atoms. The van der Waals surface area contributed by atoms with E-state index in [1.54, 1.807) is 12.3 Å². The van der Waals surface area contributed by atoms with Crippen LogP contribution in [0.1, 0.15) is 63.1 Å². The molecule has 10 heteroatoms. The number of nitrogens with zero attached hydrogens (tertiary/aromatic N) is 2. The normalized spacial score (nSPS) is 23.3. The number of allylic oxidation sites excluding steroid dienone is 1. The van der Waals surface area contributed by atoms with Crippen molar-refractivity contribution in [2.45, 2.75) is 76.7 Å². The Morgan fingerprint density at radius 2 is 1.94 bits per heavy atom. The Kier molecular flexibility index (Phi) is 7.76. The van der Waals surface area contributed by atoms with Gasteiger partial charge in [0, 0.05) is 28.9 Å². The van der Waals surface area contributed by atoms with E-state index < -0.39 is 26.1 Å². The van der Waals surface area contributed by atoms with Crippen molar-refractivity contribution in [2.24, 2.45) is 10.9 Å². The molecule has 1 aromatic heterocycles. The Morgan fingerprint density at radius 1 is 1.25 bits per heavy atom. The Labute approximate surface area is 221 Å². The van der Waals surface area contributed by atoms with Crippen molar-refractivity contribution in [1.29, 1.82) is 0 Å². The summed E-state index contributed by atoms with van der Waals surface area (Å²) in [6, 6.07) is 3.48. The highest BCUT2D eigenvalue weighted by molar-refractivity contribution is 7.11. The summed E-state index contributed by atoms with van der Waals surface area (Å²) in [5.74, 6) is -1.23. The summed E-state index contributed by atoms with van der Waals surface area (Å²) in [6.45, 7) is 11.2. The van der Waals surface area contributed by atoms with Crippen molar-refractivity contribution in [3.05, 3.63) is 62.5 Å². The van der Waals surface area contributed by atoms with Crippen LogP contribution in [0.15, 0.2) is 46.0 Å². The van der Waals surface area contributed by atoms with Gasteiger partial charge in [0.1, 0.15) is 11.9 Å². The average Bonchev–Trinajstić information content (AvgIpc) is 3.34. The van der Waals surface area contributed by atoms with Crippen LogP contribution < -0.4 is 5.32 Å². The molecule has 6 nitrogen and oxygen atoms in total. The molecule has 194 valence electrons. The van der Waals surface area contributed by atoms with Crippen molar-refractivity contribution < 1.29 is 18.7 Å². The summed E-state index contributed by atoms with van der Waals surface area (Å²) in [5.41, 5.74) is 1.05. The van der Waals surface area contributed by atoms with Gasteiger partial charge >= 0.3 is 5.97 Å². The van der Waals surface area contributed by atoms with Gasteiger partial charge in [-0.15, -0.1) is 11.3 Å². The van der Waals surface area contributed by atoms with Crippen LogP contribution in [0.2, 0.25) is 23.2 Å².